The van der Waals surface area contributed by atoms with Gasteiger partial charge in [-0.2, -0.15) is 0 Å². The zero-order valence-corrected chi connectivity index (χ0v) is 25.5. The SMILES string of the molecule is CCOc1ccc([C@@H]2C(C(=O)OC)=CN=c3s/c(=C\c4ccc(OCc5ccccc5F)c(OC)c4)c(=O)n32)cc1OCC. The number of halogens is 1. The number of hydrogen-bond donors (Lipinski definition) is 0. The Balaban J connectivity index is 1.54. The van der Waals surface area contributed by atoms with Crippen LogP contribution in [0.2, 0.25) is 0 Å². The zero-order chi connectivity index (χ0) is 31.2. The van der Waals surface area contributed by atoms with Gasteiger partial charge in [-0.1, -0.05) is 41.7 Å². The number of methoxy groups -OCH3 is 2. The first-order valence-corrected chi connectivity index (χ1v) is 14.7. The highest BCUT2D eigenvalue weighted by Gasteiger charge is 2.31. The molecule has 0 saturated carbocycles. The maximum absolute atomic E-state index is 14.0. The molecule has 1 aliphatic rings. The Hall–Kier alpha value is -4.90. The Morgan fingerprint density at radius 2 is 1.68 bits per heavy atom. The lowest BCUT2D eigenvalue weighted by atomic mass is 9.97. The second kappa shape index (κ2) is 13.6. The summed E-state index contributed by atoms with van der Waals surface area (Å²) in [6.07, 6.45) is 3.16. The van der Waals surface area contributed by atoms with Crippen LogP contribution >= 0.6 is 11.3 Å². The van der Waals surface area contributed by atoms with Crippen LogP contribution in [0, 0.1) is 5.82 Å². The molecule has 9 nitrogen and oxygen atoms in total. The summed E-state index contributed by atoms with van der Waals surface area (Å²) in [5.41, 5.74) is 1.60. The molecule has 1 atom stereocenters. The van der Waals surface area contributed by atoms with Crippen LogP contribution in [0.5, 0.6) is 23.0 Å². The van der Waals surface area contributed by atoms with E-state index in [1.54, 1.807) is 60.7 Å². The van der Waals surface area contributed by atoms with E-state index in [4.69, 9.17) is 23.7 Å². The number of carbonyl (C=O) groups excluding carboxylic acids is 1. The standard InChI is InChI=1S/C33H31FN2O7S/c1-5-41-26-14-12-21(17-28(26)42-6-2)30-23(32(38)40-4)18-35-33-36(30)31(37)29(44-33)16-20-11-13-25(27(15-20)39-3)43-19-22-9-7-8-10-24(22)34/h7-18,30H,5-6,19H2,1-4H3/b29-16-/t30-/m1/s1. The van der Waals surface area contributed by atoms with E-state index >= 15 is 0 Å². The molecule has 0 radical (unpaired) electrons. The van der Waals surface area contributed by atoms with E-state index in [9.17, 15) is 14.0 Å². The highest BCUT2D eigenvalue weighted by atomic mass is 32.1. The summed E-state index contributed by atoms with van der Waals surface area (Å²) in [4.78, 5) is 31.6. The molecule has 1 aromatic heterocycles. The third kappa shape index (κ3) is 6.23. The summed E-state index contributed by atoms with van der Waals surface area (Å²) in [7, 11) is 2.79. The van der Waals surface area contributed by atoms with Crippen molar-refractivity contribution in [3.05, 3.63) is 115 Å². The molecule has 0 aliphatic carbocycles. The summed E-state index contributed by atoms with van der Waals surface area (Å²) in [6.45, 7) is 4.62. The van der Waals surface area contributed by atoms with Gasteiger partial charge in [0.2, 0.25) is 0 Å². The van der Waals surface area contributed by atoms with Gasteiger partial charge in [-0.3, -0.25) is 9.36 Å². The van der Waals surface area contributed by atoms with E-state index in [2.05, 4.69) is 4.99 Å². The van der Waals surface area contributed by atoms with Crippen molar-refractivity contribution in [2.45, 2.75) is 26.5 Å². The molecule has 11 heteroatoms. The molecule has 228 valence electrons. The fraction of sp³-hybridized carbons (Fsp3) is 0.242. The smallest absolute Gasteiger partial charge is 0.337 e. The van der Waals surface area contributed by atoms with Crippen LogP contribution in [0.25, 0.3) is 6.08 Å². The van der Waals surface area contributed by atoms with Crippen molar-refractivity contribution in [1.29, 1.82) is 0 Å². The van der Waals surface area contributed by atoms with Crippen LogP contribution in [0.1, 0.15) is 36.6 Å². The molecule has 0 saturated heterocycles. The van der Waals surface area contributed by atoms with Crippen molar-refractivity contribution >= 4 is 23.4 Å². The van der Waals surface area contributed by atoms with Gasteiger partial charge in [0.05, 0.1) is 43.6 Å². The lowest BCUT2D eigenvalue weighted by molar-refractivity contribution is -0.136. The Kier molecular flexibility index (Phi) is 9.44. The van der Waals surface area contributed by atoms with E-state index < -0.39 is 12.0 Å². The first-order chi connectivity index (χ1) is 21.4. The van der Waals surface area contributed by atoms with Gasteiger partial charge < -0.3 is 23.7 Å². The maximum atomic E-state index is 14.0. The Morgan fingerprint density at radius 1 is 0.955 bits per heavy atom. The van der Waals surface area contributed by atoms with Crippen LogP contribution in [0.4, 0.5) is 4.39 Å². The largest absolute Gasteiger partial charge is 0.493 e. The Bertz CT molecular complexity index is 1900. The average molecular weight is 619 g/mol. The van der Waals surface area contributed by atoms with E-state index in [1.807, 2.05) is 13.8 Å². The summed E-state index contributed by atoms with van der Waals surface area (Å²) >= 11 is 1.19. The van der Waals surface area contributed by atoms with Gasteiger partial charge >= 0.3 is 5.97 Å². The number of rotatable bonds is 11. The molecule has 2 heterocycles. The van der Waals surface area contributed by atoms with Crippen LogP contribution < -0.4 is 33.8 Å². The van der Waals surface area contributed by atoms with E-state index in [0.717, 1.165) is 0 Å². The predicted molar refractivity (Wildman–Crippen MR) is 164 cm³/mol. The second-order valence-electron chi connectivity index (χ2n) is 9.54. The van der Waals surface area contributed by atoms with Gasteiger partial charge in [-0.05, 0) is 61.4 Å². The molecular formula is C33H31FN2O7S. The molecule has 0 unspecified atom stereocenters. The van der Waals surface area contributed by atoms with Crippen molar-refractivity contribution in [2.75, 3.05) is 27.4 Å². The number of benzene rings is 3. The number of aromatic nitrogens is 1. The third-order valence-corrected chi connectivity index (χ3v) is 7.83. The molecule has 0 amide bonds. The van der Waals surface area contributed by atoms with Crippen LogP contribution in [-0.4, -0.2) is 38.0 Å². The fourth-order valence-corrected chi connectivity index (χ4v) is 5.77. The highest BCUT2D eigenvalue weighted by Crippen LogP contribution is 2.35. The topological polar surface area (TPSA) is 97.6 Å². The highest BCUT2D eigenvalue weighted by molar-refractivity contribution is 7.07. The van der Waals surface area contributed by atoms with E-state index in [-0.39, 0.29) is 23.6 Å². The minimum absolute atomic E-state index is 0.0278. The Labute approximate surface area is 257 Å². The average Bonchev–Trinajstić information content (AvgIpc) is 3.35. The lowest BCUT2D eigenvalue weighted by Crippen LogP contribution is -2.39. The van der Waals surface area contributed by atoms with E-state index in [0.29, 0.717) is 62.2 Å². The molecule has 0 spiro atoms. The quantitative estimate of drug-likeness (QED) is 0.228. The van der Waals surface area contributed by atoms with Crippen molar-refractivity contribution in [3.8, 4) is 23.0 Å². The van der Waals surface area contributed by atoms with Crippen LogP contribution in [0.3, 0.4) is 0 Å². The number of thiazole rings is 1. The number of ether oxygens (including phenoxy) is 5. The predicted octanol–water partition coefficient (Wildman–Crippen LogP) is 4.54. The fourth-order valence-electron chi connectivity index (χ4n) is 4.80. The first-order valence-electron chi connectivity index (χ1n) is 13.9. The van der Waals surface area contributed by atoms with Crippen molar-refractivity contribution in [1.82, 2.24) is 4.57 Å². The summed E-state index contributed by atoms with van der Waals surface area (Å²) in [6, 6.07) is 16.1. The van der Waals surface area contributed by atoms with Gasteiger partial charge in [0, 0.05) is 11.8 Å². The minimum atomic E-state index is -0.806. The normalized spacial score (nSPS) is 14.2. The molecular weight excluding hydrogens is 587 g/mol. The number of fused-ring (bicyclic) bond motifs is 1. The van der Waals surface area contributed by atoms with Gasteiger partial charge in [0.25, 0.3) is 5.56 Å². The van der Waals surface area contributed by atoms with Gasteiger partial charge in [0.1, 0.15) is 12.4 Å². The summed E-state index contributed by atoms with van der Waals surface area (Å²) in [5.74, 6) is 0.954. The third-order valence-electron chi connectivity index (χ3n) is 6.83. The molecule has 3 aromatic carbocycles. The number of nitrogens with zero attached hydrogens (tertiary/aromatic N) is 2. The lowest BCUT2D eigenvalue weighted by Gasteiger charge is -2.23. The molecule has 5 rings (SSSR count). The molecule has 4 aromatic rings. The molecule has 1 aliphatic heterocycles. The van der Waals surface area contributed by atoms with Crippen LogP contribution in [-0.2, 0) is 16.1 Å². The molecule has 0 bridgehead atoms. The minimum Gasteiger partial charge on any atom is -0.493 e. The summed E-state index contributed by atoms with van der Waals surface area (Å²) in [5, 5.41) is 0. The second-order valence-corrected chi connectivity index (χ2v) is 10.5. The van der Waals surface area contributed by atoms with Gasteiger partial charge in [-0.15, -0.1) is 0 Å². The summed E-state index contributed by atoms with van der Waals surface area (Å²) < 4.78 is 43.8. The number of carbonyl (C=O) groups is 1. The number of esters is 1. The maximum Gasteiger partial charge on any atom is 0.337 e. The first kappa shape index (κ1) is 30.6. The van der Waals surface area contributed by atoms with Crippen molar-refractivity contribution < 1.29 is 32.9 Å². The monoisotopic (exact) mass is 618 g/mol. The van der Waals surface area contributed by atoms with Gasteiger partial charge in [-0.25, -0.2) is 14.2 Å². The number of hydrogen-bond acceptors (Lipinski definition) is 9. The molecule has 0 fully saturated rings. The van der Waals surface area contributed by atoms with E-state index in [1.165, 1.54) is 42.4 Å². The van der Waals surface area contributed by atoms with Crippen molar-refractivity contribution in [2.24, 2.45) is 4.99 Å². The van der Waals surface area contributed by atoms with Crippen LogP contribution in [0.15, 0.2) is 82.2 Å². The van der Waals surface area contributed by atoms with Gasteiger partial charge in [0.15, 0.2) is 27.8 Å². The van der Waals surface area contributed by atoms with Crippen molar-refractivity contribution in [3.63, 3.8) is 0 Å². The Morgan fingerprint density at radius 3 is 2.41 bits per heavy atom. The zero-order valence-electron chi connectivity index (χ0n) is 24.7. The molecule has 44 heavy (non-hydrogen) atoms. The molecule has 0 N–H and O–H groups in total.